The van der Waals surface area contributed by atoms with Crippen molar-refractivity contribution in [3.05, 3.63) is 54.4 Å². The lowest BCUT2D eigenvalue weighted by Gasteiger charge is -2.51. The second-order valence-electron chi connectivity index (χ2n) is 11.5. The maximum absolute atomic E-state index is 13.8. The molecule has 38 heavy (non-hydrogen) atoms. The van der Waals surface area contributed by atoms with Crippen LogP contribution in [0.15, 0.2) is 48.8 Å². The van der Waals surface area contributed by atoms with Crippen molar-refractivity contribution in [3.8, 4) is 5.75 Å². The van der Waals surface area contributed by atoms with Gasteiger partial charge in [-0.2, -0.15) is 0 Å². The van der Waals surface area contributed by atoms with Gasteiger partial charge in [0.1, 0.15) is 0 Å². The first-order chi connectivity index (χ1) is 18.4. The van der Waals surface area contributed by atoms with Gasteiger partial charge in [0.05, 0.1) is 24.5 Å². The number of carbonyl (C=O) groups excluding carboxylic acids is 2. The summed E-state index contributed by atoms with van der Waals surface area (Å²) in [6.07, 6.45) is 11.1. The molecule has 0 bridgehead atoms. The van der Waals surface area contributed by atoms with E-state index >= 15 is 0 Å². The highest BCUT2D eigenvalue weighted by Crippen LogP contribution is 2.49. The lowest BCUT2D eigenvalue weighted by Crippen LogP contribution is -2.56. The highest BCUT2D eigenvalue weighted by Gasteiger charge is 2.54. The number of nitrogens with one attached hydrogen (secondary N) is 1. The van der Waals surface area contributed by atoms with E-state index in [0.717, 1.165) is 32.2 Å². The second kappa shape index (κ2) is 10.9. The molecule has 0 atom stereocenters. The van der Waals surface area contributed by atoms with Crippen molar-refractivity contribution in [1.29, 1.82) is 0 Å². The van der Waals surface area contributed by atoms with Gasteiger partial charge in [-0.15, -0.1) is 0 Å². The number of nitrogens with zero attached hydrogens (tertiary/aromatic N) is 4. The molecule has 2 heterocycles. The Morgan fingerprint density at radius 1 is 1.13 bits per heavy atom. The van der Waals surface area contributed by atoms with Crippen LogP contribution in [0.3, 0.4) is 0 Å². The zero-order chi connectivity index (χ0) is 26.8. The van der Waals surface area contributed by atoms with Gasteiger partial charge in [-0.3, -0.25) is 14.7 Å². The third kappa shape index (κ3) is 4.98. The van der Waals surface area contributed by atoms with Crippen LogP contribution in [0, 0.1) is 5.92 Å². The second-order valence-corrected chi connectivity index (χ2v) is 11.5. The van der Waals surface area contributed by atoms with E-state index in [9.17, 15) is 9.59 Å². The molecular formula is C30H41N5O3. The lowest BCUT2D eigenvalue weighted by atomic mass is 9.68. The molecule has 1 saturated heterocycles. The highest BCUT2D eigenvalue weighted by molar-refractivity contribution is 5.92. The summed E-state index contributed by atoms with van der Waals surface area (Å²) in [7, 11) is 5.91. The van der Waals surface area contributed by atoms with E-state index in [1.165, 1.54) is 24.8 Å². The standard InChI is InChI=1S/C30H41N5O3/c1-33(2)30(24-10-5-4-6-11-24)16-14-29(15-17-30)22-34(28(37)35(29)21-23-8-7-9-23)19-13-27(36)32-25-12-18-31-20-26(25)38-3/h4-6,10-12,18,20,23H,7-9,13-17,19,21-22H2,1-3H3,(H,31,32,36). The van der Waals surface area contributed by atoms with Crippen molar-refractivity contribution in [3.63, 3.8) is 0 Å². The van der Waals surface area contributed by atoms with Crippen LogP contribution in [0.5, 0.6) is 5.75 Å². The number of rotatable bonds is 9. The van der Waals surface area contributed by atoms with E-state index in [1.807, 2.05) is 4.90 Å². The molecule has 1 aliphatic heterocycles. The first kappa shape index (κ1) is 26.5. The minimum Gasteiger partial charge on any atom is -0.493 e. The molecule has 0 radical (unpaired) electrons. The maximum atomic E-state index is 13.8. The number of hydrogen-bond donors (Lipinski definition) is 1. The Balaban J connectivity index is 1.29. The number of benzene rings is 1. The fourth-order valence-electron chi connectivity index (χ4n) is 6.66. The smallest absolute Gasteiger partial charge is 0.320 e. The molecule has 1 N–H and O–H groups in total. The minimum atomic E-state index is -0.161. The Morgan fingerprint density at radius 2 is 1.87 bits per heavy atom. The number of urea groups is 1. The molecular weight excluding hydrogens is 478 g/mol. The first-order valence-corrected chi connectivity index (χ1v) is 13.9. The number of pyridine rings is 1. The summed E-state index contributed by atoms with van der Waals surface area (Å²) < 4.78 is 5.30. The summed E-state index contributed by atoms with van der Waals surface area (Å²) >= 11 is 0. The number of ether oxygens (including phenoxy) is 1. The summed E-state index contributed by atoms with van der Waals surface area (Å²) in [6.45, 7) is 1.96. The maximum Gasteiger partial charge on any atom is 0.320 e. The van der Waals surface area contributed by atoms with Crippen LogP contribution in [-0.2, 0) is 10.3 Å². The van der Waals surface area contributed by atoms with E-state index in [2.05, 4.69) is 64.5 Å². The zero-order valence-corrected chi connectivity index (χ0v) is 23.0. The van der Waals surface area contributed by atoms with Crippen molar-refractivity contribution < 1.29 is 14.3 Å². The van der Waals surface area contributed by atoms with Gasteiger partial charge in [-0.25, -0.2) is 4.79 Å². The molecule has 2 aromatic rings. The Morgan fingerprint density at radius 3 is 2.50 bits per heavy atom. The Hall–Kier alpha value is -3.13. The largest absolute Gasteiger partial charge is 0.493 e. The molecule has 3 amide bonds. The topological polar surface area (TPSA) is 78.0 Å². The summed E-state index contributed by atoms with van der Waals surface area (Å²) in [5.41, 5.74) is 1.77. The molecule has 8 nitrogen and oxygen atoms in total. The number of anilines is 1. The number of hydrogen-bond acceptors (Lipinski definition) is 5. The zero-order valence-electron chi connectivity index (χ0n) is 23.0. The Kier molecular flexibility index (Phi) is 7.61. The van der Waals surface area contributed by atoms with Crippen LogP contribution in [0.4, 0.5) is 10.5 Å². The summed E-state index contributed by atoms with van der Waals surface area (Å²) in [6, 6.07) is 12.6. The van der Waals surface area contributed by atoms with Crippen molar-refractivity contribution in [2.75, 3.05) is 46.2 Å². The van der Waals surface area contributed by atoms with Crippen LogP contribution in [0.2, 0.25) is 0 Å². The third-order valence-corrected chi connectivity index (χ3v) is 9.29. The van der Waals surface area contributed by atoms with E-state index in [1.54, 1.807) is 25.6 Å². The predicted octanol–water partition coefficient (Wildman–Crippen LogP) is 4.73. The molecule has 0 unspecified atom stereocenters. The van der Waals surface area contributed by atoms with Gasteiger partial charge in [-0.05, 0) is 70.2 Å². The third-order valence-electron chi connectivity index (χ3n) is 9.29. The quantitative estimate of drug-likeness (QED) is 0.518. The average Bonchev–Trinajstić information content (AvgIpc) is 3.16. The molecule has 3 fully saturated rings. The van der Waals surface area contributed by atoms with Crippen molar-refractivity contribution in [2.24, 2.45) is 5.92 Å². The molecule has 204 valence electrons. The van der Waals surface area contributed by atoms with Gasteiger partial charge in [0, 0.05) is 37.8 Å². The number of aromatic nitrogens is 1. The van der Waals surface area contributed by atoms with Crippen LogP contribution in [0.1, 0.15) is 56.9 Å². The van der Waals surface area contributed by atoms with Crippen LogP contribution in [-0.4, -0.2) is 78.0 Å². The normalized spacial score (nSPS) is 25.6. The van der Waals surface area contributed by atoms with E-state index in [4.69, 9.17) is 4.74 Å². The summed E-state index contributed by atoms with van der Waals surface area (Å²) in [4.78, 5) is 37.1. The van der Waals surface area contributed by atoms with Gasteiger partial charge in [-0.1, -0.05) is 36.8 Å². The fourth-order valence-corrected chi connectivity index (χ4v) is 6.66. The monoisotopic (exact) mass is 519 g/mol. The Labute approximate surface area is 226 Å². The molecule has 2 aliphatic carbocycles. The minimum absolute atomic E-state index is 0.0192. The SMILES string of the molecule is COc1cnccc1NC(=O)CCN1CC2(CCC(c3ccccc3)(N(C)C)CC2)N(CC2CCC2)C1=O. The summed E-state index contributed by atoms with van der Waals surface area (Å²) in [5.74, 6) is 0.995. The van der Waals surface area contributed by atoms with Gasteiger partial charge in [0.25, 0.3) is 0 Å². The average molecular weight is 520 g/mol. The van der Waals surface area contributed by atoms with Crippen LogP contribution >= 0.6 is 0 Å². The van der Waals surface area contributed by atoms with Crippen LogP contribution in [0.25, 0.3) is 0 Å². The Bertz CT molecular complexity index is 1130. The van der Waals surface area contributed by atoms with E-state index < -0.39 is 0 Å². The van der Waals surface area contributed by atoms with E-state index in [0.29, 0.717) is 30.4 Å². The van der Waals surface area contributed by atoms with Gasteiger partial charge < -0.3 is 19.9 Å². The molecule has 1 aromatic heterocycles. The van der Waals surface area contributed by atoms with Gasteiger partial charge >= 0.3 is 6.03 Å². The highest BCUT2D eigenvalue weighted by atomic mass is 16.5. The number of methoxy groups -OCH3 is 1. The molecule has 1 aromatic carbocycles. The summed E-state index contributed by atoms with van der Waals surface area (Å²) in [5, 5.41) is 2.91. The predicted molar refractivity (Wildman–Crippen MR) is 148 cm³/mol. The van der Waals surface area contributed by atoms with Gasteiger partial charge in [0.2, 0.25) is 5.91 Å². The first-order valence-electron chi connectivity index (χ1n) is 13.9. The van der Waals surface area contributed by atoms with Crippen LogP contribution < -0.4 is 10.1 Å². The lowest BCUT2D eigenvalue weighted by molar-refractivity contribution is -0.116. The number of carbonyl (C=O) groups is 2. The molecule has 3 aliphatic rings. The molecule has 2 saturated carbocycles. The van der Waals surface area contributed by atoms with Crippen molar-refractivity contribution in [1.82, 2.24) is 19.7 Å². The van der Waals surface area contributed by atoms with Gasteiger partial charge in [0.15, 0.2) is 5.75 Å². The molecule has 5 rings (SSSR count). The fraction of sp³-hybridized carbons (Fsp3) is 0.567. The van der Waals surface area contributed by atoms with Crippen molar-refractivity contribution in [2.45, 2.75) is 62.4 Å². The molecule has 8 heteroatoms. The number of amides is 3. The van der Waals surface area contributed by atoms with Crippen molar-refractivity contribution >= 4 is 17.6 Å². The van der Waals surface area contributed by atoms with E-state index in [-0.39, 0.29) is 29.4 Å². The molecule has 1 spiro atoms.